The van der Waals surface area contributed by atoms with Gasteiger partial charge >= 0.3 is 6.18 Å². The zero-order valence-electron chi connectivity index (χ0n) is 13.0. The Bertz CT molecular complexity index is 792. The zero-order valence-corrected chi connectivity index (χ0v) is 14.6. The maximum Gasteiger partial charge on any atom is 0.416 e. The molecule has 25 heavy (non-hydrogen) atoms. The number of amides is 2. The summed E-state index contributed by atoms with van der Waals surface area (Å²) in [6, 6.07) is 3.08. The molecule has 2 aromatic rings. The van der Waals surface area contributed by atoms with Gasteiger partial charge in [0.25, 0.3) is 5.91 Å². The molecule has 1 heterocycles. The molecule has 0 atom stereocenters. The van der Waals surface area contributed by atoms with Crippen LogP contribution in [0, 0.1) is 0 Å². The lowest BCUT2D eigenvalue weighted by Crippen LogP contribution is -2.38. The second kappa shape index (κ2) is 8.03. The van der Waals surface area contributed by atoms with E-state index < -0.39 is 23.6 Å². The number of rotatable bonds is 6. The summed E-state index contributed by atoms with van der Waals surface area (Å²) in [5, 5.41) is 5.32. The Morgan fingerprint density at radius 1 is 1.28 bits per heavy atom. The van der Waals surface area contributed by atoms with Gasteiger partial charge in [0.15, 0.2) is 0 Å². The molecule has 0 fully saturated rings. The Balaban J connectivity index is 2.11. The summed E-state index contributed by atoms with van der Waals surface area (Å²) >= 11 is 6.93. The molecule has 0 saturated carbocycles. The smallest absolute Gasteiger partial charge is 0.383 e. The summed E-state index contributed by atoms with van der Waals surface area (Å²) in [5.41, 5.74) is -0.817. The SMILES string of the molecule is COCCNC(=O)CNC(=O)c1sc2cc(C(F)(F)F)ccc2c1Cl. The van der Waals surface area contributed by atoms with Crippen molar-refractivity contribution in [2.75, 3.05) is 26.8 Å². The van der Waals surface area contributed by atoms with Crippen LogP contribution < -0.4 is 10.6 Å². The van der Waals surface area contributed by atoms with Crippen LogP contribution in [-0.4, -0.2) is 38.6 Å². The van der Waals surface area contributed by atoms with E-state index in [1.807, 2.05) is 0 Å². The van der Waals surface area contributed by atoms with Crippen molar-refractivity contribution < 1.29 is 27.5 Å². The normalized spacial score (nSPS) is 11.6. The van der Waals surface area contributed by atoms with E-state index in [-0.39, 0.29) is 21.1 Å². The molecule has 5 nitrogen and oxygen atoms in total. The standard InChI is InChI=1S/C15H14ClF3N2O3S/c1-24-5-4-20-11(22)7-21-14(23)13-12(16)9-3-2-8(15(17,18)19)6-10(9)25-13/h2-3,6H,4-5,7H2,1H3,(H,20,22)(H,21,23). The Morgan fingerprint density at radius 2 is 2.00 bits per heavy atom. The van der Waals surface area contributed by atoms with Gasteiger partial charge in [-0.2, -0.15) is 13.2 Å². The number of hydrogen-bond donors (Lipinski definition) is 2. The van der Waals surface area contributed by atoms with Crippen LogP contribution in [0.25, 0.3) is 10.1 Å². The largest absolute Gasteiger partial charge is 0.416 e. The molecule has 136 valence electrons. The molecular formula is C15H14ClF3N2O3S. The first-order valence-corrected chi connectivity index (χ1v) is 8.26. The van der Waals surface area contributed by atoms with Crippen LogP contribution >= 0.6 is 22.9 Å². The molecule has 2 N–H and O–H groups in total. The topological polar surface area (TPSA) is 67.4 Å². The van der Waals surface area contributed by atoms with Crippen molar-refractivity contribution in [2.24, 2.45) is 0 Å². The van der Waals surface area contributed by atoms with Gasteiger partial charge in [-0.15, -0.1) is 11.3 Å². The number of methoxy groups -OCH3 is 1. The van der Waals surface area contributed by atoms with Crippen LogP contribution in [0.5, 0.6) is 0 Å². The number of hydrogen-bond acceptors (Lipinski definition) is 4. The number of benzene rings is 1. The summed E-state index contributed by atoms with van der Waals surface area (Å²) < 4.78 is 43.3. The highest BCUT2D eigenvalue weighted by molar-refractivity contribution is 7.21. The van der Waals surface area contributed by atoms with E-state index in [1.165, 1.54) is 13.2 Å². The van der Waals surface area contributed by atoms with Gasteiger partial charge in [-0.1, -0.05) is 17.7 Å². The van der Waals surface area contributed by atoms with Crippen LogP contribution in [0.3, 0.4) is 0 Å². The Labute approximate surface area is 150 Å². The van der Waals surface area contributed by atoms with Crippen molar-refractivity contribution >= 4 is 44.8 Å². The average Bonchev–Trinajstić information content (AvgIpc) is 2.88. The van der Waals surface area contributed by atoms with Crippen molar-refractivity contribution in [3.05, 3.63) is 33.7 Å². The highest BCUT2D eigenvalue weighted by Crippen LogP contribution is 2.39. The molecule has 0 spiro atoms. The Kier molecular flexibility index (Phi) is 6.26. The maximum absolute atomic E-state index is 12.8. The van der Waals surface area contributed by atoms with Crippen LogP contribution in [-0.2, 0) is 15.7 Å². The fourth-order valence-corrected chi connectivity index (χ4v) is 3.46. The molecular weight excluding hydrogens is 381 g/mol. The van der Waals surface area contributed by atoms with Crippen molar-refractivity contribution in [3.63, 3.8) is 0 Å². The summed E-state index contributed by atoms with van der Waals surface area (Å²) in [5.74, 6) is -1.04. The van der Waals surface area contributed by atoms with Crippen LogP contribution in [0.1, 0.15) is 15.2 Å². The van der Waals surface area contributed by atoms with Gasteiger partial charge in [0.2, 0.25) is 5.91 Å². The van der Waals surface area contributed by atoms with Crippen molar-refractivity contribution in [1.29, 1.82) is 0 Å². The van der Waals surface area contributed by atoms with E-state index in [2.05, 4.69) is 10.6 Å². The summed E-state index contributed by atoms with van der Waals surface area (Å²) in [6.45, 7) is 0.360. The lowest BCUT2D eigenvalue weighted by Gasteiger charge is -2.05. The third kappa shape index (κ3) is 4.83. The summed E-state index contributed by atoms with van der Waals surface area (Å²) in [6.07, 6.45) is -4.48. The number of carbonyl (C=O) groups is 2. The minimum absolute atomic E-state index is 0.0562. The first kappa shape index (κ1) is 19.5. The third-order valence-electron chi connectivity index (χ3n) is 3.20. The minimum Gasteiger partial charge on any atom is -0.383 e. The molecule has 0 radical (unpaired) electrons. The molecule has 10 heteroatoms. The van der Waals surface area contributed by atoms with E-state index >= 15 is 0 Å². The first-order valence-electron chi connectivity index (χ1n) is 7.07. The van der Waals surface area contributed by atoms with E-state index in [9.17, 15) is 22.8 Å². The van der Waals surface area contributed by atoms with Crippen LogP contribution in [0.4, 0.5) is 13.2 Å². The van der Waals surface area contributed by atoms with Crippen molar-refractivity contribution in [2.45, 2.75) is 6.18 Å². The van der Waals surface area contributed by atoms with Crippen LogP contribution in [0.2, 0.25) is 5.02 Å². The predicted molar refractivity (Wildman–Crippen MR) is 89.1 cm³/mol. The fourth-order valence-electron chi connectivity index (χ4n) is 1.98. The quantitative estimate of drug-likeness (QED) is 0.740. The fraction of sp³-hybridized carbons (Fsp3) is 0.333. The zero-order chi connectivity index (χ0) is 18.6. The maximum atomic E-state index is 12.8. The highest BCUT2D eigenvalue weighted by atomic mass is 35.5. The predicted octanol–water partition coefficient (Wildman–Crippen LogP) is 3.07. The molecule has 0 saturated heterocycles. The number of fused-ring (bicyclic) bond motifs is 1. The Morgan fingerprint density at radius 3 is 2.64 bits per heavy atom. The Hall–Kier alpha value is -1.84. The van der Waals surface area contributed by atoms with E-state index in [1.54, 1.807) is 0 Å². The minimum atomic E-state index is -4.48. The number of alkyl halides is 3. The number of thiophene rings is 1. The summed E-state index contributed by atoms with van der Waals surface area (Å²) in [4.78, 5) is 23.7. The van der Waals surface area contributed by atoms with Crippen molar-refractivity contribution in [3.8, 4) is 0 Å². The van der Waals surface area contributed by atoms with Crippen molar-refractivity contribution in [1.82, 2.24) is 10.6 Å². The molecule has 0 unspecified atom stereocenters. The lowest BCUT2D eigenvalue weighted by molar-refractivity contribution is -0.137. The third-order valence-corrected chi connectivity index (χ3v) is 4.86. The van der Waals surface area contributed by atoms with Gasteiger partial charge in [-0.05, 0) is 12.1 Å². The molecule has 0 bridgehead atoms. The number of ether oxygens (including phenoxy) is 1. The van der Waals surface area contributed by atoms with E-state index in [0.717, 1.165) is 23.5 Å². The summed E-state index contributed by atoms with van der Waals surface area (Å²) in [7, 11) is 1.49. The van der Waals surface area contributed by atoms with Crippen LogP contribution in [0.15, 0.2) is 18.2 Å². The van der Waals surface area contributed by atoms with Gasteiger partial charge in [-0.25, -0.2) is 0 Å². The van der Waals surface area contributed by atoms with Gasteiger partial charge in [0, 0.05) is 23.7 Å². The second-order valence-electron chi connectivity index (χ2n) is 4.98. The monoisotopic (exact) mass is 394 g/mol. The van der Waals surface area contributed by atoms with Gasteiger partial charge in [0.05, 0.1) is 23.7 Å². The average molecular weight is 395 g/mol. The molecule has 0 aliphatic heterocycles. The molecule has 1 aromatic heterocycles. The number of carbonyl (C=O) groups excluding carboxylic acids is 2. The molecule has 1 aromatic carbocycles. The van der Waals surface area contributed by atoms with E-state index in [4.69, 9.17) is 16.3 Å². The van der Waals surface area contributed by atoms with E-state index in [0.29, 0.717) is 18.5 Å². The number of nitrogens with one attached hydrogen (secondary N) is 2. The molecule has 0 aliphatic carbocycles. The van der Waals surface area contributed by atoms with Gasteiger partial charge in [0.1, 0.15) is 4.88 Å². The highest BCUT2D eigenvalue weighted by Gasteiger charge is 2.31. The second-order valence-corrected chi connectivity index (χ2v) is 6.41. The van der Waals surface area contributed by atoms with Gasteiger partial charge in [-0.3, -0.25) is 9.59 Å². The molecule has 2 amide bonds. The molecule has 2 rings (SSSR count). The molecule has 0 aliphatic rings. The van der Waals surface area contributed by atoms with Gasteiger partial charge < -0.3 is 15.4 Å². The first-order chi connectivity index (χ1) is 11.7. The lowest BCUT2D eigenvalue weighted by atomic mass is 10.1. The number of halogens is 4.